The highest BCUT2D eigenvalue weighted by molar-refractivity contribution is 5.97. The van der Waals surface area contributed by atoms with Gasteiger partial charge in [0, 0.05) is 24.9 Å². The van der Waals surface area contributed by atoms with E-state index in [9.17, 15) is 22.8 Å². The number of carboxylic acids is 1. The lowest BCUT2D eigenvalue weighted by atomic mass is 10.2. The molecule has 6 nitrogen and oxygen atoms in total. The molecule has 0 aromatic heterocycles. The molecule has 1 rings (SSSR count). The molecule has 0 unspecified atom stereocenters. The SMILES string of the molecule is N#C/C(=C/Nc1ccc(C(F)(F)F)cc1)C(=O)NCCCCCC(=O)O. The van der Waals surface area contributed by atoms with Crippen molar-refractivity contribution in [3.63, 3.8) is 0 Å². The number of hydrogen-bond donors (Lipinski definition) is 3. The normalized spacial score (nSPS) is 11.5. The van der Waals surface area contributed by atoms with Gasteiger partial charge < -0.3 is 15.7 Å². The number of carbonyl (C=O) groups is 2. The maximum atomic E-state index is 12.5. The van der Waals surface area contributed by atoms with Crippen molar-refractivity contribution in [1.29, 1.82) is 5.26 Å². The molecule has 0 aliphatic rings. The molecular weight excluding hydrogens is 351 g/mol. The number of amides is 1. The number of unbranched alkanes of at least 4 members (excludes halogenated alkanes) is 2. The summed E-state index contributed by atoms with van der Waals surface area (Å²) < 4.78 is 37.4. The molecule has 0 aliphatic carbocycles. The third-order valence-corrected chi connectivity index (χ3v) is 3.31. The van der Waals surface area contributed by atoms with E-state index < -0.39 is 23.6 Å². The number of nitrogens with one attached hydrogen (secondary N) is 2. The zero-order valence-corrected chi connectivity index (χ0v) is 13.8. The summed E-state index contributed by atoms with van der Waals surface area (Å²) in [6.45, 7) is 0.289. The van der Waals surface area contributed by atoms with E-state index in [2.05, 4.69) is 10.6 Å². The Morgan fingerprint density at radius 2 is 1.81 bits per heavy atom. The number of nitriles is 1. The summed E-state index contributed by atoms with van der Waals surface area (Å²) >= 11 is 0. The van der Waals surface area contributed by atoms with Crippen molar-refractivity contribution in [3.05, 3.63) is 41.6 Å². The van der Waals surface area contributed by atoms with E-state index in [1.165, 1.54) is 12.1 Å². The first kappa shape index (κ1) is 21.0. The van der Waals surface area contributed by atoms with E-state index in [0.717, 1.165) is 18.3 Å². The van der Waals surface area contributed by atoms with Gasteiger partial charge in [0.1, 0.15) is 11.6 Å². The van der Waals surface area contributed by atoms with Crippen LogP contribution in [0.2, 0.25) is 0 Å². The van der Waals surface area contributed by atoms with Crippen molar-refractivity contribution < 1.29 is 27.9 Å². The topological polar surface area (TPSA) is 102 Å². The maximum absolute atomic E-state index is 12.5. The third-order valence-electron chi connectivity index (χ3n) is 3.31. The van der Waals surface area contributed by atoms with E-state index >= 15 is 0 Å². The van der Waals surface area contributed by atoms with Gasteiger partial charge in [0.15, 0.2) is 0 Å². The molecule has 0 saturated carbocycles. The van der Waals surface area contributed by atoms with Gasteiger partial charge in [0.05, 0.1) is 5.56 Å². The summed E-state index contributed by atoms with van der Waals surface area (Å²) in [7, 11) is 0. The molecule has 1 aromatic rings. The minimum absolute atomic E-state index is 0.0638. The smallest absolute Gasteiger partial charge is 0.416 e. The summed E-state index contributed by atoms with van der Waals surface area (Å²) in [6, 6.07) is 5.86. The fourth-order valence-electron chi connectivity index (χ4n) is 1.93. The fraction of sp³-hybridized carbons (Fsp3) is 0.353. The van der Waals surface area contributed by atoms with Crippen molar-refractivity contribution >= 4 is 17.6 Å². The molecule has 1 amide bonds. The van der Waals surface area contributed by atoms with E-state index in [4.69, 9.17) is 10.4 Å². The average Bonchev–Trinajstić information content (AvgIpc) is 2.58. The molecule has 0 fully saturated rings. The second-order valence-electron chi connectivity index (χ2n) is 5.35. The molecule has 26 heavy (non-hydrogen) atoms. The number of carbonyl (C=O) groups excluding carboxylic acids is 1. The van der Waals surface area contributed by atoms with Crippen LogP contribution in [-0.2, 0) is 15.8 Å². The number of carboxylic acid groups (broad SMARTS) is 1. The zero-order chi connectivity index (χ0) is 19.6. The molecule has 140 valence electrons. The third kappa shape index (κ3) is 7.70. The molecule has 0 bridgehead atoms. The number of alkyl halides is 3. The Balaban J connectivity index is 2.48. The zero-order valence-electron chi connectivity index (χ0n) is 13.8. The molecule has 9 heteroatoms. The molecule has 3 N–H and O–H groups in total. The van der Waals surface area contributed by atoms with Crippen molar-refractivity contribution in [2.45, 2.75) is 31.9 Å². The fourth-order valence-corrected chi connectivity index (χ4v) is 1.93. The summed E-state index contributed by atoms with van der Waals surface area (Å²) in [6.07, 6.45) is -1.55. The summed E-state index contributed by atoms with van der Waals surface area (Å²) in [4.78, 5) is 22.2. The molecule has 1 aromatic carbocycles. The second-order valence-corrected chi connectivity index (χ2v) is 5.35. The molecule has 0 heterocycles. The quantitative estimate of drug-likeness (QED) is 0.352. The second kappa shape index (κ2) is 10.1. The number of anilines is 1. The van der Waals surface area contributed by atoms with Gasteiger partial charge in [-0.05, 0) is 37.1 Å². The van der Waals surface area contributed by atoms with Crippen molar-refractivity contribution in [1.82, 2.24) is 5.32 Å². The predicted molar refractivity (Wildman–Crippen MR) is 87.9 cm³/mol. The highest BCUT2D eigenvalue weighted by Crippen LogP contribution is 2.29. The lowest BCUT2D eigenvalue weighted by molar-refractivity contribution is -0.138. The Hall–Kier alpha value is -3.02. The van der Waals surface area contributed by atoms with Crippen LogP contribution in [0.5, 0.6) is 0 Å². The number of halogens is 3. The first-order valence-electron chi connectivity index (χ1n) is 7.78. The monoisotopic (exact) mass is 369 g/mol. The van der Waals surface area contributed by atoms with Crippen LogP contribution in [0.15, 0.2) is 36.0 Å². The first-order chi connectivity index (χ1) is 12.2. The van der Waals surface area contributed by atoms with Crippen LogP contribution < -0.4 is 10.6 Å². The lowest BCUT2D eigenvalue weighted by Crippen LogP contribution is -2.26. The lowest BCUT2D eigenvalue weighted by Gasteiger charge is -2.08. The molecule has 0 saturated heterocycles. The van der Waals surface area contributed by atoms with Crippen LogP contribution in [0, 0.1) is 11.3 Å². The Bertz CT molecular complexity index is 692. The van der Waals surface area contributed by atoms with Gasteiger partial charge in [-0.2, -0.15) is 18.4 Å². The van der Waals surface area contributed by atoms with Gasteiger partial charge in [-0.3, -0.25) is 9.59 Å². The molecule has 0 radical (unpaired) electrons. The number of hydrogen-bond acceptors (Lipinski definition) is 4. The predicted octanol–water partition coefficient (Wildman–Crippen LogP) is 3.29. The number of rotatable bonds is 9. The summed E-state index contributed by atoms with van der Waals surface area (Å²) in [5.41, 5.74) is -0.726. The van der Waals surface area contributed by atoms with Crippen molar-refractivity contribution in [3.8, 4) is 6.07 Å². The molecule has 0 aliphatic heterocycles. The van der Waals surface area contributed by atoms with Crippen molar-refractivity contribution in [2.24, 2.45) is 0 Å². The van der Waals surface area contributed by atoms with Crippen LogP contribution in [0.3, 0.4) is 0 Å². The standard InChI is InChI=1S/C17H18F3N3O3/c18-17(19,20)13-5-7-14(8-6-13)23-11-12(10-21)16(26)22-9-3-1-2-4-15(24)25/h5-8,11,23H,1-4,9H2,(H,22,26)(H,24,25)/b12-11-. The van der Waals surface area contributed by atoms with Gasteiger partial charge >= 0.3 is 12.1 Å². The van der Waals surface area contributed by atoms with Crippen molar-refractivity contribution in [2.75, 3.05) is 11.9 Å². The minimum Gasteiger partial charge on any atom is -0.481 e. The van der Waals surface area contributed by atoms with E-state index in [0.29, 0.717) is 24.9 Å². The first-order valence-corrected chi connectivity index (χ1v) is 7.78. The van der Waals surface area contributed by atoms with Crippen LogP contribution in [0.25, 0.3) is 0 Å². The number of aliphatic carboxylic acids is 1. The number of benzene rings is 1. The van der Waals surface area contributed by atoms with Crippen LogP contribution in [0.1, 0.15) is 31.2 Å². The summed E-state index contributed by atoms with van der Waals surface area (Å²) in [5.74, 6) is -1.50. The van der Waals surface area contributed by atoms with Gasteiger partial charge in [0.2, 0.25) is 0 Å². The molecule has 0 atom stereocenters. The van der Waals surface area contributed by atoms with Gasteiger partial charge in [-0.1, -0.05) is 6.42 Å². The Kier molecular flexibility index (Phi) is 8.15. The van der Waals surface area contributed by atoms with Crippen LogP contribution >= 0.6 is 0 Å². The van der Waals surface area contributed by atoms with Crippen LogP contribution in [0.4, 0.5) is 18.9 Å². The molecule has 0 spiro atoms. The van der Waals surface area contributed by atoms with E-state index in [-0.39, 0.29) is 18.5 Å². The highest BCUT2D eigenvalue weighted by atomic mass is 19.4. The Morgan fingerprint density at radius 1 is 1.15 bits per heavy atom. The number of nitrogens with zero attached hydrogens (tertiary/aromatic N) is 1. The largest absolute Gasteiger partial charge is 0.481 e. The average molecular weight is 369 g/mol. The van der Waals surface area contributed by atoms with Gasteiger partial charge in [0.25, 0.3) is 5.91 Å². The van der Waals surface area contributed by atoms with Gasteiger partial charge in [-0.15, -0.1) is 0 Å². The molecular formula is C17H18F3N3O3. The Morgan fingerprint density at radius 3 is 2.35 bits per heavy atom. The maximum Gasteiger partial charge on any atom is 0.416 e. The van der Waals surface area contributed by atoms with E-state index in [1.807, 2.05) is 0 Å². The summed E-state index contributed by atoms with van der Waals surface area (Å²) in [5, 5.41) is 22.6. The Labute approximate surface area is 148 Å². The van der Waals surface area contributed by atoms with Gasteiger partial charge in [-0.25, -0.2) is 0 Å². The highest BCUT2D eigenvalue weighted by Gasteiger charge is 2.29. The minimum atomic E-state index is -4.43. The van der Waals surface area contributed by atoms with E-state index in [1.54, 1.807) is 6.07 Å². The van der Waals surface area contributed by atoms with Crippen LogP contribution in [-0.4, -0.2) is 23.5 Å².